The minimum Gasteiger partial charge on any atom is -0.445 e. The second-order valence-corrected chi connectivity index (χ2v) is 6.71. The molecule has 2 heterocycles. The van der Waals surface area contributed by atoms with Gasteiger partial charge in [0.05, 0.1) is 0 Å². The van der Waals surface area contributed by atoms with Crippen LogP contribution in [-0.4, -0.2) is 46.9 Å². The summed E-state index contributed by atoms with van der Waals surface area (Å²) in [5.74, 6) is 1.56. The summed E-state index contributed by atoms with van der Waals surface area (Å²) in [4.78, 5) is 21.4. The zero-order valence-electron chi connectivity index (χ0n) is 14.7. The summed E-state index contributed by atoms with van der Waals surface area (Å²) in [5.41, 5.74) is 1.77. The Kier molecular flexibility index (Phi) is 5.00. The average Bonchev–Trinajstić information content (AvgIpc) is 2.78. The van der Waals surface area contributed by atoms with E-state index in [2.05, 4.69) is 41.1 Å². The smallest absolute Gasteiger partial charge is 0.276 e. The number of benzene rings is 1. The summed E-state index contributed by atoms with van der Waals surface area (Å²) in [7, 11) is 0. The molecule has 1 aliphatic rings. The lowest BCUT2D eigenvalue weighted by Crippen LogP contribution is -2.36. The number of aromatic nitrogens is 1. The first-order valence-electron chi connectivity index (χ1n) is 8.52. The molecule has 1 amide bonds. The number of carbonyl (C=O) groups excluding carboxylic acids is 1. The van der Waals surface area contributed by atoms with Gasteiger partial charge in [0.25, 0.3) is 5.91 Å². The van der Waals surface area contributed by atoms with Gasteiger partial charge >= 0.3 is 0 Å². The van der Waals surface area contributed by atoms with Gasteiger partial charge in [-0.15, -0.1) is 0 Å². The fourth-order valence-corrected chi connectivity index (χ4v) is 3.37. The van der Waals surface area contributed by atoms with Crippen LogP contribution in [0.4, 0.5) is 0 Å². The molecule has 0 unspecified atom stereocenters. The molecule has 0 radical (unpaired) electrons. The van der Waals surface area contributed by atoms with Gasteiger partial charge in [-0.2, -0.15) is 0 Å². The lowest BCUT2D eigenvalue weighted by molar-refractivity contribution is 0.0741. The van der Waals surface area contributed by atoms with Crippen LogP contribution >= 0.6 is 0 Å². The van der Waals surface area contributed by atoms with E-state index in [1.54, 1.807) is 13.8 Å². The first kappa shape index (κ1) is 16.7. The Labute approximate surface area is 143 Å². The highest BCUT2D eigenvalue weighted by molar-refractivity contribution is 5.93. The zero-order chi connectivity index (χ0) is 17.1. The molecule has 2 aromatic rings. The van der Waals surface area contributed by atoms with E-state index in [9.17, 15) is 4.79 Å². The summed E-state index contributed by atoms with van der Waals surface area (Å²) in [6, 6.07) is 10.5. The van der Waals surface area contributed by atoms with Crippen LogP contribution in [0.2, 0.25) is 0 Å². The molecule has 5 heteroatoms. The molecule has 128 valence electrons. The number of rotatable bonds is 3. The molecule has 1 atom stereocenters. The third-order valence-corrected chi connectivity index (χ3v) is 4.43. The SMILES string of the molecule is Cc1nc(C(=O)N2CCN(Cc3ccccc3)C[C@@H](C)C2)c(C)o1. The van der Waals surface area contributed by atoms with Crippen molar-refractivity contribution < 1.29 is 9.21 Å². The fourth-order valence-electron chi connectivity index (χ4n) is 3.37. The molecule has 0 aliphatic carbocycles. The lowest BCUT2D eigenvalue weighted by atomic mass is 10.1. The molecule has 1 aliphatic heterocycles. The van der Waals surface area contributed by atoms with Gasteiger partial charge in [0, 0.05) is 39.6 Å². The van der Waals surface area contributed by atoms with E-state index in [0.717, 1.165) is 32.7 Å². The van der Waals surface area contributed by atoms with Crippen molar-refractivity contribution in [3.05, 3.63) is 53.2 Å². The Hall–Kier alpha value is -2.14. The van der Waals surface area contributed by atoms with Gasteiger partial charge in [0.15, 0.2) is 11.6 Å². The van der Waals surface area contributed by atoms with Crippen LogP contribution in [0, 0.1) is 19.8 Å². The summed E-state index contributed by atoms with van der Waals surface area (Å²) < 4.78 is 5.42. The van der Waals surface area contributed by atoms with Crippen molar-refractivity contribution in [3.8, 4) is 0 Å². The second kappa shape index (κ2) is 7.18. The molecule has 1 aromatic heterocycles. The van der Waals surface area contributed by atoms with Crippen LogP contribution in [0.1, 0.15) is 34.6 Å². The van der Waals surface area contributed by atoms with Gasteiger partial charge in [-0.25, -0.2) is 4.98 Å². The first-order chi connectivity index (χ1) is 11.5. The van der Waals surface area contributed by atoms with Crippen LogP contribution < -0.4 is 0 Å². The maximum atomic E-state index is 12.8. The number of nitrogens with zero attached hydrogens (tertiary/aromatic N) is 3. The molecule has 24 heavy (non-hydrogen) atoms. The highest BCUT2D eigenvalue weighted by Gasteiger charge is 2.27. The Morgan fingerprint density at radius 1 is 1.21 bits per heavy atom. The van der Waals surface area contributed by atoms with E-state index < -0.39 is 0 Å². The number of amides is 1. The molecule has 1 aromatic carbocycles. The Morgan fingerprint density at radius 3 is 2.62 bits per heavy atom. The lowest BCUT2D eigenvalue weighted by Gasteiger charge is -2.21. The Morgan fingerprint density at radius 2 is 1.96 bits per heavy atom. The standard InChI is InChI=1S/C19H25N3O2/c1-14-11-21(13-17-7-5-4-6-8-17)9-10-22(12-14)19(23)18-15(2)24-16(3)20-18/h4-8,14H,9-13H2,1-3H3/t14-/m1/s1. The molecule has 0 saturated carbocycles. The molecule has 1 saturated heterocycles. The number of oxazole rings is 1. The highest BCUT2D eigenvalue weighted by Crippen LogP contribution is 2.17. The van der Waals surface area contributed by atoms with Crippen molar-refractivity contribution >= 4 is 5.91 Å². The monoisotopic (exact) mass is 327 g/mol. The van der Waals surface area contributed by atoms with Crippen molar-refractivity contribution in [1.82, 2.24) is 14.8 Å². The summed E-state index contributed by atoms with van der Waals surface area (Å²) >= 11 is 0. The van der Waals surface area contributed by atoms with Crippen molar-refractivity contribution in [2.45, 2.75) is 27.3 Å². The molecular formula is C19H25N3O2. The number of carbonyl (C=O) groups is 1. The third-order valence-electron chi connectivity index (χ3n) is 4.43. The van der Waals surface area contributed by atoms with Crippen LogP contribution in [0.3, 0.4) is 0 Å². The van der Waals surface area contributed by atoms with Crippen LogP contribution in [0.25, 0.3) is 0 Å². The summed E-state index contributed by atoms with van der Waals surface area (Å²) in [5, 5.41) is 0. The normalized spacial score (nSPS) is 19.3. The Balaban J connectivity index is 1.68. The summed E-state index contributed by atoms with van der Waals surface area (Å²) in [6.45, 7) is 10.1. The molecule has 0 N–H and O–H groups in total. The van der Waals surface area contributed by atoms with Gasteiger partial charge in [-0.3, -0.25) is 9.69 Å². The molecule has 5 nitrogen and oxygen atoms in total. The maximum absolute atomic E-state index is 12.8. The first-order valence-corrected chi connectivity index (χ1v) is 8.52. The molecule has 0 bridgehead atoms. The topological polar surface area (TPSA) is 49.6 Å². The van der Waals surface area contributed by atoms with Gasteiger partial charge in [0.2, 0.25) is 0 Å². The van der Waals surface area contributed by atoms with Gasteiger partial charge in [-0.1, -0.05) is 37.3 Å². The van der Waals surface area contributed by atoms with Crippen molar-refractivity contribution in [3.63, 3.8) is 0 Å². The molecular weight excluding hydrogens is 302 g/mol. The van der Waals surface area contributed by atoms with Gasteiger partial charge in [0.1, 0.15) is 5.76 Å². The molecule has 3 rings (SSSR count). The van der Waals surface area contributed by atoms with Crippen LogP contribution in [-0.2, 0) is 6.54 Å². The number of hydrogen-bond donors (Lipinski definition) is 0. The molecule has 0 spiro atoms. The highest BCUT2D eigenvalue weighted by atomic mass is 16.4. The predicted octanol–water partition coefficient (Wildman–Crippen LogP) is 2.89. The number of aryl methyl sites for hydroxylation is 2. The Bertz CT molecular complexity index is 696. The predicted molar refractivity (Wildman–Crippen MR) is 92.8 cm³/mol. The minimum absolute atomic E-state index is 0.0160. The largest absolute Gasteiger partial charge is 0.445 e. The van der Waals surface area contributed by atoms with Crippen molar-refractivity contribution in [2.75, 3.05) is 26.2 Å². The van der Waals surface area contributed by atoms with E-state index in [1.165, 1.54) is 5.56 Å². The minimum atomic E-state index is -0.0160. The van der Waals surface area contributed by atoms with Crippen LogP contribution in [0.15, 0.2) is 34.7 Å². The van der Waals surface area contributed by atoms with Gasteiger partial charge < -0.3 is 9.32 Å². The van der Waals surface area contributed by atoms with Gasteiger partial charge in [-0.05, 0) is 18.4 Å². The van der Waals surface area contributed by atoms with E-state index in [0.29, 0.717) is 23.3 Å². The third kappa shape index (κ3) is 3.85. The summed E-state index contributed by atoms with van der Waals surface area (Å²) in [6.07, 6.45) is 0. The average molecular weight is 327 g/mol. The number of hydrogen-bond acceptors (Lipinski definition) is 4. The van der Waals surface area contributed by atoms with Crippen molar-refractivity contribution in [2.24, 2.45) is 5.92 Å². The van der Waals surface area contributed by atoms with E-state index in [4.69, 9.17) is 4.42 Å². The molecule has 1 fully saturated rings. The van der Waals surface area contributed by atoms with E-state index in [1.807, 2.05) is 11.0 Å². The quantitative estimate of drug-likeness (QED) is 0.870. The van der Waals surface area contributed by atoms with E-state index >= 15 is 0 Å². The zero-order valence-corrected chi connectivity index (χ0v) is 14.7. The second-order valence-electron chi connectivity index (χ2n) is 6.71. The van der Waals surface area contributed by atoms with Crippen molar-refractivity contribution in [1.29, 1.82) is 0 Å². The fraction of sp³-hybridized carbons (Fsp3) is 0.474. The maximum Gasteiger partial charge on any atom is 0.276 e. The van der Waals surface area contributed by atoms with E-state index in [-0.39, 0.29) is 5.91 Å². The van der Waals surface area contributed by atoms with Crippen LogP contribution in [0.5, 0.6) is 0 Å².